The lowest BCUT2D eigenvalue weighted by Crippen LogP contribution is -2.53. The van der Waals surface area contributed by atoms with Crippen molar-refractivity contribution in [3.05, 3.63) is 59.7 Å². The zero-order valence-corrected chi connectivity index (χ0v) is 26.9. The summed E-state index contributed by atoms with van der Waals surface area (Å²) in [5.74, 6) is 2.64. The van der Waals surface area contributed by atoms with Crippen LogP contribution in [0.2, 0.25) is 0 Å². The van der Waals surface area contributed by atoms with Gasteiger partial charge >= 0.3 is 6.09 Å². The molecule has 8 heteroatoms. The monoisotopic (exact) mass is 591 g/mol. The van der Waals surface area contributed by atoms with Gasteiger partial charge in [0.05, 0.1) is 7.11 Å². The number of hydrogen-bond donors (Lipinski definition) is 2. The zero-order valence-electron chi connectivity index (χ0n) is 26.9. The first-order chi connectivity index (χ1) is 20.4. The number of hydrogen-bond acceptors (Lipinski definition) is 5. The maximum Gasteiger partial charge on any atom is 0.408 e. The van der Waals surface area contributed by atoms with Crippen LogP contribution in [0.3, 0.4) is 0 Å². The predicted molar refractivity (Wildman–Crippen MR) is 172 cm³/mol. The van der Waals surface area contributed by atoms with Crippen LogP contribution >= 0.6 is 0 Å². The molecule has 0 spiro atoms. The van der Waals surface area contributed by atoms with E-state index in [1.807, 2.05) is 13.8 Å². The Labute approximate surface area is 257 Å². The Morgan fingerprint density at radius 1 is 0.953 bits per heavy atom. The number of carbonyl (C=O) groups excluding carboxylic acids is 3. The molecule has 8 nitrogen and oxygen atoms in total. The average molecular weight is 592 g/mol. The fraction of sp³-hybridized carbons (Fsp3) is 0.514. The molecule has 43 heavy (non-hydrogen) atoms. The van der Waals surface area contributed by atoms with Gasteiger partial charge in [0.1, 0.15) is 23.4 Å². The lowest BCUT2D eigenvalue weighted by Gasteiger charge is -2.35. The highest BCUT2D eigenvalue weighted by molar-refractivity contribution is 5.99. The molecule has 0 aromatic heterocycles. The molecular formula is C35H49N3O5. The molecule has 2 aromatic rings. The fourth-order valence-electron chi connectivity index (χ4n) is 4.71. The van der Waals surface area contributed by atoms with Crippen molar-refractivity contribution in [2.45, 2.75) is 97.8 Å². The lowest BCUT2D eigenvalue weighted by molar-refractivity contribution is -0.141. The molecule has 0 aliphatic carbocycles. The van der Waals surface area contributed by atoms with E-state index in [1.165, 1.54) is 0 Å². The van der Waals surface area contributed by atoms with Crippen molar-refractivity contribution in [1.29, 1.82) is 0 Å². The molecule has 3 amide bonds. The van der Waals surface area contributed by atoms with Gasteiger partial charge in [-0.25, -0.2) is 4.79 Å². The standard InChI is InChI=1S/C35H49N3O5/c1-9-11-12-13-14-23-38(33(40)30(24-25(3)4)37-34(41)43-35(5,6)7)31(27-17-15-26(10-2)16-18-27)32(39)36-28-19-21-29(42-8)22-20-28/h2,15-22,25,30-31H,9,11-14,23-24H2,1,3-8H3,(H,36,39)(H,37,41). The maximum atomic E-state index is 14.4. The summed E-state index contributed by atoms with van der Waals surface area (Å²) >= 11 is 0. The first-order valence-electron chi connectivity index (χ1n) is 15.2. The number of nitrogens with zero attached hydrogens (tertiary/aromatic N) is 1. The van der Waals surface area contributed by atoms with Crippen LogP contribution in [0.15, 0.2) is 48.5 Å². The van der Waals surface area contributed by atoms with Gasteiger partial charge in [-0.05, 0) is 81.5 Å². The first-order valence-corrected chi connectivity index (χ1v) is 15.2. The summed E-state index contributed by atoms with van der Waals surface area (Å²) in [5, 5.41) is 5.77. The molecule has 0 aliphatic heterocycles. The fourth-order valence-corrected chi connectivity index (χ4v) is 4.71. The molecule has 234 valence electrons. The van der Waals surface area contributed by atoms with Crippen LogP contribution in [0, 0.1) is 18.3 Å². The van der Waals surface area contributed by atoms with E-state index in [9.17, 15) is 14.4 Å². The maximum absolute atomic E-state index is 14.4. The first kappa shape index (κ1) is 35.2. The number of alkyl carbamates (subject to hydrolysis) is 1. The topological polar surface area (TPSA) is 97.0 Å². The van der Waals surface area contributed by atoms with E-state index < -0.39 is 23.8 Å². The number of rotatable bonds is 15. The molecule has 0 saturated carbocycles. The number of benzene rings is 2. The smallest absolute Gasteiger partial charge is 0.408 e. The summed E-state index contributed by atoms with van der Waals surface area (Å²) < 4.78 is 10.7. The number of methoxy groups -OCH3 is 1. The second kappa shape index (κ2) is 17.2. The van der Waals surface area contributed by atoms with E-state index in [0.29, 0.717) is 42.0 Å². The second-order valence-electron chi connectivity index (χ2n) is 12.2. The van der Waals surface area contributed by atoms with Gasteiger partial charge in [0, 0.05) is 17.8 Å². The van der Waals surface area contributed by atoms with Crippen molar-refractivity contribution < 1.29 is 23.9 Å². The zero-order chi connectivity index (χ0) is 32.0. The Bertz CT molecular complexity index is 1210. The average Bonchev–Trinajstić information content (AvgIpc) is 2.95. The van der Waals surface area contributed by atoms with Crippen molar-refractivity contribution in [3.63, 3.8) is 0 Å². The van der Waals surface area contributed by atoms with Gasteiger partial charge in [-0.15, -0.1) is 6.42 Å². The molecule has 2 atom stereocenters. The molecule has 0 bridgehead atoms. The van der Waals surface area contributed by atoms with E-state index in [2.05, 4.69) is 23.5 Å². The van der Waals surface area contributed by atoms with Gasteiger partial charge in [-0.1, -0.05) is 64.5 Å². The second-order valence-corrected chi connectivity index (χ2v) is 12.2. The van der Waals surface area contributed by atoms with Crippen molar-refractivity contribution in [2.75, 3.05) is 19.0 Å². The number of unbranched alkanes of at least 4 members (excludes halogenated alkanes) is 4. The minimum absolute atomic E-state index is 0.0942. The summed E-state index contributed by atoms with van der Waals surface area (Å²) in [6, 6.07) is 12.2. The molecular weight excluding hydrogens is 542 g/mol. The third-order valence-electron chi connectivity index (χ3n) is 6.79. The quantitative estimate of drug-likeness (QED) is 0.170. The van der Waals surface area contributed by atoms with Gasteiger partial charge in [0.15, 0.2) is 0 Å². The number of anilines is 1. The van der Waals surface area contributed by atoms with Crippen LogP contribution in [0.25, 0.3) is 0 Å². The third-order valence-corrected chi connectivity index (χ3v) is 6.79. The lowest BCUT2D eigenvalue weighted by atomic mass is 9.98. The van der Waals surface area contributed by atoms with Gasteiger partial charge in [0.25, 0.3) is 5.91 Å². The van der Waals surface area contributed by atoms with Crippen molar-refractivity contribution >= 4 is 23.6 Å². The molecule has 2 rings (SSSR count). The minimum atomic E-state index is -0.970. The van der Waals surface area contributed by atoms with Crippen molar-refractivity contribution in [3.8, 4) is 18.1 Å². The Kier molecular flexibility index (Phi) is 14.1. The van der Waals surface area contributed by atoms with Crippen LogP contribution in [0.1, 0.15) is 97.2 Å². The summed E-state index contributed by atoms with van der Waals surface area (Å²) in [6.07, 6.45) is 10.1. The Balaban J connectivity index is 2.54. The van der Waals surface area contributed by atoms with Crippen LogP contribution in [0.4, 0.5) is 10.5 Å². The number of terminal acetylenes is 1. The van der Waals surface area contributed by atoms with E-state index in [4.69, 9.17) is 15.9 Å². The van der Waals surface area contributed by atoms with Gasteiger partial charge in [-0.3, -0.25) is 9.59 Å². The molecule has 2 aromatic carbocycles. The minimum Gasteiger partial charge on any atom is -0.497 e. The number of nitrogens with one attached hydrogen (secondary N) is 2. The summed E-state index contributed by atoms with van der Waals surface area (Å²) in [6.45, 7) is 11.8. The van der Waals surface area contributed by atoms with E-state index in [-0.39, 0.29) is 17.7 Å². The van der Waals surface area contributed by atoms with Gasteiger partial charge in [-0.2, -0.15) is 0 Å². The summed E-state index contributed by atoms with van der Waals surface area (Å²) in [4.78, 5) is 42.9. The van der Waals surface area contributed by atoms with Crippen LogP contribution < -0.4 is 15.4 Å². The van der Waals surface area contributed by atoms with Gasteiger partial charge in [0.2, 0.25) is 5.91 Å². The molecule has 0 aliphatic rings. The summed E-state index contributed by atoms with van der Waals surface area (Å²) in [5.41, 5.74) is 1.12. The molecule has 0 saturated heterocycles. The molecule has 2 N–H and O–H groups in total. The molecule has 2 unspecified atom stereocenters. The normalized spacial score (nSPS) is 12.5. The molecule has 0 heterocycles. The predicted octanol–water partition coefficient (Wildman–Crippen LogP) is 7.09. The Morgan fingerprint density at radius 3 is 2.12 bits per heavy atom. The van der Waals surface area contributed by atoms with Crippen molar-refractivity contribution in [1.82, 2.24) is 10.2 Å². The van der Waals surface area contributed by atoms with Gasteiger partial charge < -0.3 is 25.0 Å². The third kappa shape index (κ3) is 12.0. The number of carbonyl (C=O) groups is 3. The van der Waals surface area contributed by atoms with Crippen LogP contribution in [0.5, 0.6) is 5.75 Å². The van der Waals surface area contributed by atoms with Crippen LogP contribution in [-0.4, -0.2) is 48.1 Å². The Hall–Kier alpha value is -3.99. The highest BCUT2D eigenvalue weighted by atomic mass is 16.6. The van der Waals surface area contributed by atoms with E-state index >= 15 is 0 Å². The Morgan fingerprint density at radius 2 is 1.58 bits per heavy atom. The summed E-state index contributed by atoms with van der Waals surface area (Å²) in [7, 11) is 1.58. The van der Waals surface area contributed by atoms with E-state index in [0.717, 1.165) is 25.7 Å². The van der Waals surface area contributed by atoms with Crippen LogP contribution in [-0.2, 0) is 14.3 Å². The highest BCUT2D eigenvalue weighted by Crippen LogP contribution is 2.27. The van der Waals surface area contributed by atoms with E-state index in [1.54, 1.807) is 81.3 Å². The highest BCUT2D eigenvalue weighted by Gasteiger charge is 2.36. The molecule has 0 radical (unpaired) electrons. The number of amides is 3. The molecule has 0 fully saturated rings. The number of ether oxygens (including phenoxy) is 2. The SMILES string of the molecule is C#Cc1ccc(C(C(=O)Nc2ccc(OC)cc2)N(CCCCCCC)C(=O)C(CC(C)C)NC(=O)OC(C)(C)C)cc1. The van der Waals surface area contributed by atoms with Crippen molar-refractivity contribution in [2.24, 2.45) is 5.92 Å². The largest absolute Gasteiger partial charge is 0.497 e.